The summed E-state index contributed by atoms with van der Waals surface area (Å²) in [6.07, 6.45) is 4.00. The molecule has 0 atom stereocenters. The second-order valence-corrected chi connectivity index (χ2v) is 6.38. The molecule has 2 rings (SSSR count). The minimum atomic E-state index is 0.511. The molecule has 14 heavy (non-hydrogen) atoms. The molecule has 1 heterocycles. The van der Waals surface area contributed by atoms with Crippen LogP contribution < -0.4 is 0 Å². The molecule has 0 spiro atoms. The average molecular weight is 324 g/mol. The van der Waals surface area contributed by atoms with Crippen LogP contribution in [0.2, 0.25) is 0 Å². The van der Waals surface area contributed by atoms with E-state index in [4.69, 9.17) is 4.74 Å². The molecule has 0 aromatic carbocycles. The molecule has 0 N–H and O–H groups in total. The Morgan fingerprint density at radius 2 is 2.29 bits per heavy atom. The van der Waals surface area contributed by atoms with E-state index in [0.29, 0.717) is 6.10 Å². The van der Waals surface area contributed by atoms with Crippen LogP contribution in [0.15, 0.2) is 0 Å². The summed E-state index contributed by atoms with van der Waals surface area (Å²) in [5.41, 5.74) is 0. The molecule has 1 aliphatic rings. The van der Waals surface area contributed by atoms with Crippen molar-refractivity contribution in [3.63, 3.8) is 0 Å². The molecule has 1 aromatic rings. The van der Waals surface area contributed by atoms with Crippen molar-refractivity contribution in [2.75, 3.05) is 6.61 Å². The Kier molecular flexibility index (Phi) is 3.73. The van der Waals surface area contributed by atoms with Crippen LogP contribution in [0.25, 0.3) is 0 Å². The van der Waals surface area contributed by atoms with Crippen molar-refractivity contribution in [2.24, 2.45) is 5.92 Å². The lowest BCUT2D eigenvalue weighted by Gasteiger charge is -2.34. The number of halogens is 1. The Balaban J connectivity index is 1.74. The van der Waals surface area contributed by atoms with Gasteiger partial charge in [-0.1, -0.05) is 11.3 Å². The lowest BCUT2D eigenvalue weighted by atomic mass is 9.80. The minimum absolute atomic E-state index is 0.511. The van der Waals surface area contributed by atoms with Crippen molar-refractivity contribution in [2.45, 2.75) is 32.3 Å². The molecule has 0 aliphatic heterocycles. The summed E-state index contributed by atoms with van der Waals surface area (Å²) >= 11 is 3.92. The van der Waals surface area contributed by atoms with Crippen molar-refractivity contribution >= 4 is 33.9 Å². The second kappa shape index (κ2) is 4.85. The lowest BCUT2D eigenvalue weighted by Crippen LogP contribution is -2.32. The highest BCUT2D eigenvalue weighted by Crippen LogP contribution is 2.33. The predicted octanol–water partition coefficient (Wildman–Crippen LogP) is 2.50. The van der Waals surface area contributed by atoms with Gasteiger partial charge in [0.1, 0.15) is 5.01 Å². The van der Waals surface area contributed by atoms with Crippen molar-refractivity contribution in [1.82, 2.24) is 10.2 Å². The number of hydrogen-bond acceptors (Lipinski definition) is 4. The summed E-state index contributed by atoms with van der Waals surface area (Å²) in [5, 5.41) is 9.31. The van der Waals surface area contributed by atoms with Crippen LogP contribution in [0.1, 0.15) is 24.8 Å². The molecule has 0 unspecified atom stereocenters. The Hall–Kier alpha value is 0.250. The molecule has 0 bridgehead atoms. The Morgan fingerprint density at radius 1 is 1.50 bits per heavy atom. The molecule has 5 heteroatoms. The topological polar surface area (TPSA) is 35.0 Å². The molecular formula is C9H13IN2OS. The van der Waals surface area contributed by atoms with Gasteiger partial charge in [0.2, 0.25) is 0 Å². The van der Waals surface area contributed by atoms with Crippen LogP contribution in [0.4, 0.5) is 0 Å². The number of nitrogens with zero attached hydrogens (tertiary/aromatic N) is 2. The molecule has 0 amide bonds. The fourth-order valence-corrected chi connectivity index (χ4v) is 3.32. The van der Waals surface area contributed by atoms with Gasteiger partial charge < -0.3 is 4.74 Å². The van der Waals surface area contributed by atoms with E-state index in [1.54, 1.807) is 11.3 Å². The molecule has 0 saturated heterocycles. The van der Waals surface area contributed by atoms with E-state index in [2.05, 4.69) is 39.7 Å². The first-order valence-electron chi connectivity index (χ1n) is 4.87. The summed E-state index contributed by atoms with van der Waals surface area (Å²) in [7, 11) is 0. The molecule has 1 aromatic heterocycles. The highest BCUT2D eigenvalue weighted by atomic mass is 127. The van der Waals surface area contributed by atoms with Gasteiger partial charge in [0.05, 0.1) is 6.10 Å². The van der Waals surface area contributed by atoms with E-state index in [9.17, 15) is 0 Å². The Labute approximate surface area is 101 Å². The van der Waals surface area contributed by atoms with Crippen LogP contribution in [-0.2, 0) is 11.2 Å². The monoisotopic (exact) mass is 324 g/mol. The third kappa shape index (κ3) is 2.64. The van der Waals surface area contributed by atoms with Gasteiger partial charge >= 0.3 is 0 Å². The van der Waals surface area contributed by atoms with Crippen molar-refractivity contribution in [1.29, 1.82) is 0 Å². The lowest BCUT2D eigenvalue weighted by molar-refractivity contribution is -0.0240. The average Bonchev–Trinajstić information content (AvgIpc) is 2.48. The quantitative estimate of drug-likeness (QED) is 0.798. The zero-order valence-corrected chi connectivity index (χ0v) is 11.0. The first-order valence-corrected chi connectivity index (χ1v) is 6.77. The maximum atomic E-state index is 5.52. The number of ether oxygens (including phenoxy) is 1. The summed E-state index contributed by atoms with van der Waals surface area (Å²) in [4.78, 5) is 0. The van der Waals surface area contributed by atoms with Crippen LogP contribution in [0.3, 0.4) is 0 Å². The van der Waals surface area contributed by atoms with Gasteiger partial charge in [0.25, 0.3) is 0 Å². The summed E-state index contributed by atoms with van der Waals surface area (Å²) in [6.45, 7) is 2.90. The van der Waals surface area contributed by atoms with Crippen LogP contribution in [0.5, 0.6) is 0 Å². The minimum Gasteiger partial charge on any atom is -0.378 e. The van der Waals surface area contributed by atoms with Crippen LogP contribution in [-0.4, -0.2) is 22.9 Å². The van der Waals surface area contributed by atoms with Gasteiger partial charge in [0, 0.05) is 13.0 Å². The van der Waals surface area contributed by atoms with Gasteiger partial charge in [-0.15, -0.1) is 10.2 Å². The maximum Gasteiger partial charge on any atom is 0.178 e. The SMILES string of the molecule is CCOC1CC(Cc2nnc(I)s2)C1. The van der Waals surface area contributed by atoms with E-state index in [1.165, 1.54) is 17.8 Å². The molecular weight excluding hydrogens is 311 g/mol. The zero-order chi connectivity index (χ0) is 9.97. The number of hydrogen-bond donors (Lipinski definition) is 0. The molecule has 1 saturated carbocycles. The second-order valence-electron chi connectivity index (χ2n) is 3.57. The van der Waals surface area contributed by atoms with Gasteiger partial charge in [-0.3, -0.25) is 0 Å². The highest BCUT2D eigenvalue weighted by Gasteiger charge is 2.30. The van der Waals surface area contributed by atoms with Crippen molar-refractivity contribution < 1.29 is 4.74 Å². The van der Waals surface area contributed by atoms with Gasteiger partial charge in [-0.2, -0.15) is 0 Å². The number of aromatic nitrogens is 2. The van der Waals surface area contributed by atoms with Crippen molar-refractivity contribution in [3.8, 4) is 0 Å². The summed E-state index contributed by atoms with van der Waals surface area (Å²) < 4.78 is 6.56. The fraction of sp³-hybridized carbons (Fsp3) is 0.778. The summed E-state index contributed by atoms with van der Waals surface area (Å²) in [5.74, 6) is 0.773. The smallest absolute Gasteiger partial charge is 0.178 e. The maximum absolute atomic E-state index is 5.52. The number of rotatable bonds is 4. The van der Waals surface area contributed by atoms with Gasteiger partial charge in [0.15, 0.2) is 3.01 Å². The predicted molar refractivity (Wildman–Crippen MR) is 64.5 cm³/mol. The Morgan fingerprint density at radius 3 is 2.86 bits per heavy atom. The van der Waals surface area contributed by atoms with E-state index >= 15 is 0 Å². The molecule has 0 radical (unpaired) electrons. The normalized spacial score (nSPS) is 26.1. The van der Waals surface area contributed by atoms with E-state index < -0.39 is 0 Å². The van der Waals surface area contributed by atoms with Gasteiger partial charge in [-0.05, 0) is 48.3 Å². The highest BCUT2D eigenvalue weighted by molar-refractivity contribution is 14.1. The first kappa shape index (κ1) is 10.8. The third-order valence-corrected chi connectivity index (χ3v) is 4.11. The summed E-state index contributed by atoms with van der Waals surface area (Å²) in [6, 6.07) is 0. The zero-order valence-electron chi connectivity index (χ0n) is 8.07. The largest absolute Gasteiger partial charge is 0.378 e. The van der Waals surface area contributed by atoms with E-state index in [0.717, 1.165) is 22.0 Å². The van der Waals surface area contributed by atoms with E-state index in [1.807, 2.05) is 0 Å². The fourth-order valence-electron chi connectivity index (χ4n) is 1.78. The van der Waals surface area contributed by atoms with E-state index in [-0.39, 0.29) is 0 Å². The molecule has 78 valence electrons. The van der Waals surface area contributed by atoms with Crippen LogP contribution in [0, 0.1) is 8.93 Å². The van der Waals surface area contributed by atoms with Crippen LogP contribution >= 0.6 is 33.9 Å². The van der Waals surface area contributed by atoms with Gasteiger partial charge in [-0.25, -0.2) is 0 Å². The van der Waals surface area contributed by atoms with Crippen molar-refractivity contribution in [3.05, 3.63) is 8.02 Å². The third-order valence-electron chi connectivity index (χ3n) is 2.50. The molecule has 1 aliphatic carbocycles. The molecule has 3 nitrogen and oxygen atoms in total. The molecule has 1 fully saturated rings. The Bertz CT molecular complexity index is 299. The standard InChI is InChI=1S/C9H13IN2OS/c1-2-13-7-3-6(4-7)5-8-11-12-9(10)14-8/h6-7H,2-5H2,1H3. The first-order chi connectivity index (χ1) is 6.78.